The van der Waals surface area contributed by atoms with Crippen LogP contribution < -0.4 is 11.1 Å². The van der Waals surface area contributed by atoms with Crippen LogP contribution in [0.15, 0.2) is 18.2 Å². The van der Waals surface area contributed by atoms with Crippen molar-refractivity contribution in [1.29, 1.82) is 0 Å². The van der Waals surface area contributed by atoms with Gasteiger partial charge in [-0.2, -0.15) is 0 Å². The number of anilines is 2. The van der Waals surface area contributed by atoms with Gasteiger partial charge in [-0.15, -0.1) is 0 Å². The van der Waals surface area contributed by atoms with Crippen LogP contribution in [0, 0.1) is 0 Å². The van der Waals surface area contributed by atoms with Crippen molar-refractivity contribution in [3.63, 3.8) is 0 Å². The van der Waals surface area contributed by atoms with E-state index in [1.165, 1.54) is 18.2 Å². The number of hydrogen-bond acceptors (Lipinski definition) is 4. The number of nitrogens with two attached hydrogens (primary N) is 1. The van der Waals surface area contributed by atoms with E-state index in [9.17, 15) is 9.59 Å². The maximum Gasteiger partial charge on any atom is 0.335 e. The topological polar surface area (TPSA) is 102 Å². The Morgan fingerprint density at radius 1 is 1.47 bits per heavy atom. The number of carbonyl (C=O) groups excluding carboxylic acids is 1. The molecule has 1 amide bonds. The number of amides is 1. The Morgan fingerprint density at radius 2 is 2.16 bits per heavy atom. The van der Waals surface area contributed by atoms with Crippen molar-refractivity contribution in [3.05, 3.63) is 23.8 Å². The minimum Gasteiger partial charge on any atom is -0.478 e. The van der Waals surface area contributed by atoms with Crippen LogP contribution in [0.4, 0.5) is 11.4 Å². The van der Waals surface area contributed by atoms with Crippen molar-refractivity contribution in [2.24, 2.45) is 0 Å². The average Bonchev–Trinajstić information content (AvgIpc) is 2.38. The number of nitrogen functional groups attached to an aromatic ring is 1. The Kier molecular flexibility index (Phi) is 5.32. The van der Waals surface area contributed by atoms with E-state index in [1.54, 1.807) is 7.11 Å². The van der Waals surface area contributed by atoms with Gasteiger partial charge in [0.05, 0.1) is 23.0 Å². The predicted molar refractivity (Wildman–Crippen MR) is 72.1 cm³/mol. The molecule has 0 saturated heterocycles. The minimum atomic E-state index is -1.06. The van der Waals surface area contributed by atoms with Crippen LogP contribution in [0.5, 0.6) is 0 Å². The number of carbonyl (C=O) groups is 2. The molecule has 6 nitrogen and oxygen atoms in total. The van der Waals surface area contributed by atoms with E-state index in [2.05, 4.69) is 5.32 Å². The summed E-state index contributed by atoms with van der Waals surface area (Å²) in [6, 6.07) is 4.19. The summed E-state index contributed by atoms with van der Waals surface area (Å²) in [6.07, 6.45) is 0.933. The van der Waals surface area contributed by atoms with Gasteiger partial charge in [0.1, 0.15) is 0 Å². The van der Waals surface area contributed by atoms with Gasteiger partial charge >= 0.3 is 5.97 Å². The lowest BCUT2D eigenvalue weighted by atomic mass is 10.1. The second-order valence-electron chi connectivity index (χ2n) is 4.24. The number of ether oxygens (including phenoxy) is 1. The zero-order valence-electron chi connectivity index (χ0n) is 11.0. The third-order valence-corrected chi connectivity index (χ3v) is 2.75. The van der Waals surface area contributed by atoms with E-state index in [-0.39, 0.29) is 23.3 Å². The maximum atomic E-state index is 11.7. The summed E-state index contributed by atoms with van der Waals surface area (Å²) in [5.74, 6) is -1.24. The smallest absolute Gasteiger partial charge is 0.335 e. The van der Waals surface area contributed by atoms with Gasteiger partial charge in [-0.25, -0.2) is 4.79 Å². The van der Waals surface area contributed by atoms with Crippen molar-refractivity contribution in [3.8, 4) is 0 Å². The molecule has 0 aliphatic carbocycles. The van der Waals surface area contributed by atoms with Crippen LogP contribution in [-0.2, 0) is 9.53 Å². The van der Waals surface area contributed by atoms with Crippen molar-refractivity contribution in [2.75, 3.05) is 18.2 Å². The van der Waals surface area contributed by atoms with Crippen LogP contribution in [0.1, 0.15) is 30.1 Å². The highest BCUT2D eigenvalue weighted by atomic mass is 16.5. The lowest BCUT2D eigenvalue weighted by Gasteiger charge is -2.11. The third kappa shape index (κ3) is 4.59. The molecule has 0 bridgehead atoms. The molecule has 0 aromatic heterocycles. The number of carboxylic acids is 1. The second-order valence-corrected chi connectivity index (χ2v) is 4.24. The standard InChI is InChI=1S/C13H18N2O4/c1-8(19-2)3-6-12(16)15-11-5-4-9(13(17)18)7-10(11)14/h4-5,7-8H,3,6,14H2,1-2H3,(H,15,16)(H,17,18). The van der Waals surface area contributed by atoms with Gasteiger partial charge in [-0.1, -0.05) is 0 Å². The van der Waals surface area contributed by atoms with E-state index in [0.717, 1.165) is 0 Å². The normalized spacial score (nSPS) is 11.9. The number of hydrogen-bond donors (Lipinski definition) is 3. The highest BCUT2D eigenvalue weighted by Gasteiger charge is 2.10. The highest BCUT2D eigenvalue weighted by Crippen LogP contribution is 2.20. The van der Waals surface area contributed by atoms with Crippen molar-refractivity contribution in [2.45, 2.75) is 25.9 Å². The second kappa shape index (κ2) is 6.75. The summed E-state index contributed by atoms with van der Waals surface area (Å²) in [5, 5.41) is 11.4. The number of benzene rings is 1. The van der Waals surface area contributed by atoms with Gasteiger partial charge in [0.2, 0.25) is 5.91 Å². The largest absolute Gasteiger partial charge is 0.478 e. The fraction of sp³-hybridized carbons (Fsp3) is 0.385. The van der Waals surface area contributed by atoms with Gasteiger partial charge in [-0.3, -0.25) is 4.79 Å². The Hall–Kier alpha value is -2.08. The molecule has 6 heteroatoms. The maximum absolute atomic E-state index is 11.7. The molecule has 0 heterocycles. The molecule has 0 spiro atoms. The molecule has 0 aliphatic heterocycles. The molecule has 19 heavy (non-hydrogen) atoms. The summed E-state index contributed by atoms with van der Waals surface area (Å²) < 4.78 is 5.05. The Bertz CT molecular complexity index is 474. The first-order valence-electron chi connectivity index (χ1n) is 5.89. The zero-order valence-corrected chi connectivity index (χ0v) is 11.0. The van der Waals surface area contributed by atoms with E-state index in [1.807, 2.05) is 6.92 Å². The Morgan fingerprint density at radius 3 is 2.68 bits per heavy atom. The van der Waals surface area contributed by atoms with Crippen LogP contribution in [0.2, 0.25) is 0 Å². The molecule has 1 aromatic rings. The summed E-state index contributed by atoms with van der Waals surface area (Å²) in [7, 11) is 1.59. The van der Waals surface area contributed by atoms with E-state index >= 15 is 0 Å². The monoisotopic (exact) mass is 266 g/mol. The Balaban J connectivity index is 2.62. The summed E-state index contributed by atoms with van der Waals surface area (Å²) >= 11 is 0. The molecule has 4 N–H and O–H groups in total. The van der Waals surface area contributed by atoms with E-state index in [4.69, 9.17) is 15.6 Å². The first-order chi connectivity index (χ1) is 8.93. The van der Waals surface area contributed by atoms with E-state index in [0.29, 0.717) is 18.5 Å². The number of nitrogens with one attached hydrogen (secondary N) is 1. The average molecular weight is 266 g/mol. The summed E-state index contributed by atoms with van der Waals surface area (Å²) in [4.78, 5) is 22.4. The summed E-state index contributed by atoms with van der Waals surface area (Å²) in [6.45, 7) is 1.88. The number of aromatic carboxylic acids is 1. The molecular weight excluding hydrogens is 248 g/mol. The molecule has 1 aromatic carbocycles. The lowest BCUT2D eigenvalue weighted by Crippen LogP contribution is -2.16. The van der Waals surface area contributed by atoms with Crippen LogP contribution in [-0.4, -0.2) is 30.2 Å². The van der Waals surface area contributed by atoms with Gasteiger partial charge in [0.15, 0.2) is 0 Å². The number of methoxy groups -OCH3 is 1. The van der Waals surface area contributed by atoms with Crippen LogP contribution >= 0.6 is 0 Å². The van der Waals surface area contributed by atoms with Crippen molar-refractivity contribution >= 4 is 23.3 Å². The predicted octanol–water partition coefficient (Wildman–Crippen LogP) is 1.72. The molecule has 1 rings (SSSR count). The molecule has 1 atom stereocenters. The van der Waals surface area contributed by atoms with Gasteiger partial charge in [0.25, 0.3) is 0 Å². The van der Waals surface area contributed by atoms with Gasteiger partial charge in [-0.05, 0) is 31.5 Å². The van der Waals surface area contributed by atoms with Crippen molar-refractivity contribution < 1.29 is 19.4 Å². The minimum absolute atomic E-state index is 0.0116. The molecule has 0 aliphatic rings. The van der Waals surface area contributed by atoms with Gasteiger partial charge < -0.3 is 20.9 Å². The number of rotatable bonds is 6. The lowest BCUT2D eigenvalue weighted by molar-refractivity contribution is -0.116. The molecule has 104 valence electrons. The SMILES string of the molecule is COC(C)CCC(=O)Nc1ccc(C(=O)O)cc1N. The molecule has 0 radical (unpaired) electrons. The van der Waals surface area contributed by atoms with Crippen molar-refractivity contribution in [1.82, 2.24) is 0 Å². The zero-order chi connectivity index (χ0) is 14.4. The molecule has 0 fully saturated rings. The first kappa shape index (κ1) is 15.0. The molecular formula is C13H18N2O4. The highest BCUT2D eigenvalue weighted by molar-refractivity contribution is 5.96. The van der Waals surface area contributed by atoms with Gasteiger partial charge in [0, 0.05) is 13.5 Å². The third-order valence-electron chi connectivity index (χ3n) is 2.75. The first-order valence-corrected chi connectivity index (χ1v) is 5.89. The van der Waals surface area contributed by atoms with Crippen LogP contribution in [0.25, 0.3) is 0 Å². The number of carboxylic acid groups (broad SMARTS) is 1. The quantitative estimate of drug-likeness (QED) is 0.680. The summed E-state index contributed by atoms with van der Waals surface area (Å²) in [5.41, 5.74) is 6.42. The Labute approximate surface area is 111 Å². The molecule has 0 saturated carbocycles. The van der Waals surface area contributed by atoms with Crippen LogP contribution in [0.3, 0.4) is 0 Å². The van der Waals surface area contributed by atoms with E-state index < -0.39 is 5.97 Å². The fourth-order valence-electron chi connectivity index (χ4n) is 1.47. The fourth-order valence-corrected chi connectivity index (χ4v) is 1.47. The molecule has 1 unspecified atom stereocenters.